The van der Waals surface area contributed by atoms with Gasteiger partial charge in [0, 0.05) is 37.9 Å². The summed E-state index contributed by atoms with van der Waals surface area (Å²) in [6, 6.07) is 0. The van der Waals surface area contributed by atoms with E-state index in [4.69, 9.17) is 10.5 Å². The van der Waals surface area contributed by atoms with Crippen LogP contribution in [0.25, 0.3) is 0 Å². The zero-order valence-corrected chi connectivity index (χ0v) is 10.7. The summed E-state index contributed by atoms with van der Waals surface area (Å²) in [6.07, 6.45) is 0.615. The molecule has 6 heteroatoms. The van der Waals surface area contributed by atoms with Crippen molar-refractivity contribution in [1.29, 1.82) is 0 Å². The smallest absolute Gasteiger partial charge is 0.260 e. The van der Waals surface area contributed by atoms with Gasteiger partial charge in [-0.05, 0) is 19.8 Å². The van der Waals surface area contributed by atoms with E-state index in [1.54, 1.807) is 17.9 Å². The molecule has 2 rings (SSSR count). The van der Waals surface area contributed by atoms with Gasteiger partial charge in [-0.15, -0.1) is 0 Å². The van der Waals surface area contributed by atoms with Gasteiger partial charge in [-0.2, -0.15) is 5.10 Å². The molecular weight excluding hydrogens is 240 g/mol. The molecule has 4 nitrogen and oxygen atoms in total. The van der Waals surface area contributed by atoms with Crippen LogP contribution in [0.5, 0.6) is 0 Å². The minimum Gasteiger partial charge on any atom is -0.381 e. The molecule has 1 aromatic rings. The maximum Gasteiger partial charge on any atom is 0.260 e. The monoisotopic (exact) mass is 259 g/mol. The second-order valence-electron chi connectivity index (χ2n) is 5.07. The molecule has 1 fully saturated rings. The minimum absolute atomic E-state index is 0.163. The molecule has 2 N–H and O–H groups in total. The number of alkyl halides is 2. The van der Waals surface area contributed by atoms with Gasteiger partial charge in [0.05, 0.1) is 5.69 Å². The second-order valence-corrected chi connectivity index (χ2v) is 5.07. The van der Waals surface area contributed by atoms with E-state index in [-0.39, 0.29) is 5.92 Å². The average Bonchev–Trinajstić information content (AvgIpc) is 2.73. The van der Waals surface area contributed by atoms with E-state index in [2.05, 4.69) is 5.10 Å². The Balaban J connectivity index is 2.35. The molecule has 1 aliphatic heterocycles. The van der Waals surface area contributed by atoms with Gasteiger partial charge >= 0.3 is 0 Å². The summed E-state index contributed by atoms with van der Waals surface area (Å²) in [5.74, 6) is 0.163. The molecule has 1 atom stereocenters. The minimum atomic E-state index is -2.61. The summed E-state index contributed by atoms with van der Waals surface area (Å²) in [6.45, 7) is 2.66. The van der Waals surface area contributed by atoms with E-state index in [0.717, 1.165) is 12.8 Å². The number of aryl methyl sites for hydroxylation is 1. The Morgan fingerprint density at radius 2 is 2.11 bits per heavy atom. The lowest BCUT2D eigenvalue weighted by Crippen LogP contribution is -2.41. The third-order valence-corrected chi connectivity index (χ3v) is 3.50. The van der Waals surface area contributed by atoms with E-state index in [9.17, 15) is 8.78 Å². The molecule has 2 heterocycles. The SMILES string of the molecule is Cn1cc(C(C)(N)C(F)F)c(C2CCOCC2)n1. The van der Waals surface area contributed by atoms with Crippen molar-refractivity contribution >= 4 is 0 Å². The van der Waals surface area contributed by atoms with Crippen molar-refractivity contribution in [2.24, 2.45) is 12.8 Å². The molecule has 18 heavy (non-hydrogen) atoms. The lowest BCUT2D eigenvalue weighted by atomic mass is 9.86. The van der Waals surface area contributed by atoms with Gasteiger partial charge in [-0.3, -0.25) is 4.68 Å². The Bertz CT molecular complexity index is 411. The fourth-order valence-corrected chi connectivity index (χ4v) is 2.31. The van der Waals surface area contributed by atoms with Crippen molar-refractivity contribution in [1.82, 2.24) is 9.78 Å². The third-order valence-electron chi connectivity index (χ3n) is 3.50. The lowest BCUT2D eigenvalue weighted by Gasteiger charge is -2.27. The normalized spacial score (nSPS) is 21.2. The second kappa shape index (κ2) is 4.93. The Morgan fingerprint density at radius 1 is 1.50 bits per heavy atom. The van der Waals surface area contributed by atoms with E-state index >= 15 is 0 Å². The summed E-state index contributed by atoms with van der Waals surface area (Å²) < 4.78 is 33.0. The number of hydrogen-bond donors (Lipinski definition) is 1. The highest BCUT2D eigenvalue weighted by Crippen LogP contribution is 2.35. The standard InChI is InChI=1S/C12H19F2N3O/c1-12(15,11(13)14)9-7-17(2)16-10(9)8-3-5-18-6-4-8/h7-8,11H,3-6,15H2,1-2H3. The Morgan fingerprint density at radius 3 is 2.67 bits per heavy atom. The van der Waals surface area contributed by atoms with Crippen molar-refractivity contribution < 1.29 is 13.5 Å². The van der Waals surface area contributed by atoms with Crippen molar-refractivity contribution in [2.45, 2.75) is 37.6 Å². The number of nitrogens with zero attached hydrogens (tertiary/aromatic N) is 2. The summed E-state index contributed by atoms with van der Waals surface area (Å²) in [5, 5.41) is 4.33. The summed E-state index contributed by atoms with van der Waals surface area (Å²) in [4.78, 5) is 0. The van der Waals surface area contributed by atoms with Crippen LogP contribution in [0.1, 0.15) is 36.9 Å². The van der Waals surface area contributed by atoms with Gasteiger partial charge in [-0.1, -0.05) is 0 Å². The molecule has 1 aromatic heterocycles. The van der Waals surface area contributed by atoms with Crippen LogP contribution in [0.15, 0.2) is 6.20 Å². The van der Waals surface area contributed by atoms with Gasteiger partial charge in [0.15, 0.2) is 0 Å². The van der Waals surface area contributed by atoms with Crippen molar-refractivity contribution in [3.8, 4) is 0 Å². The van der Waals surface area contributed by atoms with E-state index in [1.165, 1.54) is 6.92 Å². The van der Waals surface area contributed by atoms with Gasteiger partial charge in [0.2, 0.25) is 0 Å². The van der Waals surface area contributed by atoms with Crippen LogP contribution in [0, 0.1) is 0 Å². The molecule has 1 aliphatic rings. The number of hydrogen-bond acceptors (Lipinski definition) is 3. The molecule has 0 spiro atoms. The number of ether oxygens (including phenoxy) is 1. The summed E-state index contributed by atoms with van der Waals surface area (Å²) in [5.41, 5.74) is 5.27. The van der Waals surface area contributed by atoms with Crippen LogP contribution in [0.3, 0.4) is 0 Å². The van der Waals surface area contributed by atoms with Crippen LogP contribution in [-0.4, -0.2) is 29.4 Å². The highest BCUT2D eigenvalue weighted by molar-refractivity contribution is 5.29. The number of aromatic nitrogens is 2. The molecule has 0 saturated carbocycles. The first-order chi connectivity index (χ1) is 8.43. The molecule has 0 aliphatic carbocycles. The number of rotatable bonds is 3. The molecule has 0 amide bonds. The van der Waals surface area contributed by atoms with E-state index in [0.29, 0.717) is 24.5 Å². The molecule has 0 bridgehead atoms. The molecule has 1 unspecified atom stereocenters. The molecule has 1 saturated heterocycles. The van der Waals surface area contributed by atoms with Gasteiger partial charge < -0.3 is 10.5 Å². The van der Waals surface area contributed by atoms with Crippen LogP contribution in [0.4, 0.5) is 8.78 Å². The fourth-order valence-electron chi connectivity index (χ4n) is 2.31. The lowest BCUT2D eigenvalue weighted by molar-refractivity contribution is 0.0598. The Kier molecular flexibility index (Phi) is 3.68. The van der Waals surface area contributed by atoms with Gasteiger partial charge in [-0.25, -0.2) is 8.78 Å². The fraction of sp³-hybridized carbons (Fsp3) is 0.750. The third kappa shape index (κ3) is 2.40. The largest absolute Gasteiger partial charge is 0.381 e. The predicted octanol–water partition coefficient (Wildman–Crippen LogP) is 1.75. The summed E-state index contributed by atoms with van der Waals surface area (Å²) >= 11 is 0. The first-order valence-electron chi connectivity index (χ1n) is 6.11. The first kappa shape index (κ1) is 13.4. The van der Waals surface area contributed by atoms with Crippen LogP contribution in [0.2, 0.25) is 0 Å². The zero-order chi connectivity index (χ0) is 13.3. The first-order valence-corrected chi connectivity index (χ1v) is 6.11. The molecule has 102 valence electrons. The Hall–Kier alpha value is -1.01. The molecule has 0 aromatic carbocycles. The highest BCUT2D eigenvalue weighted by Gasteiger charge is 2.38. The van der Waals surface area contributed by atoms with Gasteiger partial charge in [0.1, 0.15) is 5.54 Å². The molecular formula is C12H19F2N3O. The topological polar surface area (TPSA) is 53.1 Å². The maximum absolute atomic E-state index is 13.1. The van der Waals surface area contributed by atoms with E-state index < -0.39 is 12.0 Å². The number of nitrogens with two attached hydrogens (primary N) is 1. The maximum atomic E-state index is 13.1. The quantitative estimate of drug-likeness (QED) is 0.899. The Labute approximate surface area is 105 Å². The van der Waals surface area contributed by atoms with E-state index in [1.807, 2.05) is 0 Å². The van der Waals surface area contributed by atoms with Crippen molar-refractivity contribution in [3.05, 3.63) is 17.5 Å². The zero-order valence-electron chi connectivity index (χ0n) is 10.7. The highest BCUT2D eigenvalue weighted by atomic mass is 19.3. The predicted molar refractivity (Wildman–Crippen MR) is 63.5 cm³/mol. The van der Waals surface area contributed by atoms with Gasteiger partial charge in [0.25, 0.3) is 6.43 Å². The number of halogens is 2. The van der Waals surface area contributed by atoms with Crippen molar-refractivity contribution in [3.63, 3.8) is 0 Å². The average molecular weight is 259 g/mol. The van der Waals surface area contributed by atoms with Crippen LogP contribution < -0.4 is 5.73 Å². The van der Waals surface area contributed by atoms with Crippen molar-refractivity contribution in [2.75, 3.05) is 13.2 Å². The van der Waals surface area contributed by atoms with Crippen LogP contribution in [-0.2, 0) is 17.3 Å². The van der Waals surface area contributed by atoms with Crippen LogP contribution >= 0.6 is 0 Å². The summed E-state index contributed by atoms with van der Waals surface area (Å²) in [7, 11) is 1.73. The molecule has 0 radical (unpaired) electrons.